The van der Waals surface area contributed by atoms with E-state index in [2.05, 4.69) is 12.1 Å². The Labute approximate surface area is 140 Å². The molecular formula is C19H33NOS. The van der Waals surface area contributed by atoms with E-state index in [0.717, 1.165) is 18.8 Å². The van der Waals surface area contributed by atoms with Crippen LogP contribution in [-0.4, -0.2) is 17.3 Å². The zero-order chi connectivity index (χ0) is 15.8. The summed E-state index contributed by atoms with van der Waals surface area (Å²) in [5.41, 5.74) is 5.55. The van der Waals surface area contributed by atoms with Crippen molar-refractivity contribution in [2.24, 2.45) is 11.7 Å². The molecule has 1 aliphatic carbocycles. The van der Waals surface area contributed by atoms with Crippen molar-refractivity contribution < 1.29 is 5.11 Å². The third kappa shape index (κ3) is 6.39. The van der Waals surface area contributed by atoms with Crippen LogP contribution in [0.25, 0.3) is 0 Å². The molecule has 1 aliphatic rings. The quantitative estimate of drug-likeness (QED) is 0.648. The number of unbranched alkanes of at least 4 members (excludes halogenated alkanes) is 1. The van der Waals surface area contributed by atoms with Gasteiger partial charge in [-0.25, -0.2) is 0 Å². The molecule has 1 saturated carbocycles. The molecule has 0 radical (unpaired) electrons. The van der Waals surface area contributed by atoms with E-state index in [0.29, 0.717) is 0 Å². The van der Waals surface area contributed by atoms with E-state index < -0.39 is 5.54 Å². The third-order valence-electron chi connectivity index (χ3n) is 5.03. The van der Waals surface area contributed by atoms with Crippen LogP contribution >= 0.6 is 11.3 Å². The van der Waals surface area contributed by atoms with Gasteiger partial charge in [0.05, 0.1) is 6.61 Å². The van der Waals surface area contributed by atoms with Crippen LogP contribution in [0, 0.1) is 5.92 Å². The molecule has 0 amide bonds. The highest BCUT2D eigenvalue weighted by Gasteiger charge is 2.17. The average molecular weight is 324 g/mol. The second kappa shape index (κ2) is 9.05. The molecule has 0 aromatic carbocycles. The molecule has 126 valence electrons. The molecule has 1 atom stereocenters. The summed E-state index contributed by atoms with van der Waals surface area (Å²) in [6.07, 6.45) is 14.6. The summed E-state index contributed by atoms with van der Waals surface area (Å²) in [7, 11) is 0. The SMILES string of the molecule is CC(N)(CO)CCc1ccc(CCCCC2CCCCC2)s1. The van der Waals surface area contributed by atoms with Crippen molar-refractivity contribution in [3.63, 3.8) is 0 Å². The standard InChI is InChI=1S/C19H33NOS/c1-19(20,15-21)14-13-18-12-11-17(22-18)10-6-5-9-16-7-3-2-4-8-16/h11-12,16,21H,2-10,13-15,20H2,1H3. The summed E-state index contributed by atoms with van der Waals surface area (Å²) in [6, 6.07) is 4.53. The number of hydrogen-bond acceptors (Lipinski definition) is 3. The van der Waals surface area contributed by atoms with Crippen molar-refractivity contribution in [2.45, 2.75) is 83.1 Å². The third-order valence-corrected chi connectivity index (χ3v) is 6.24. The van der Waals surface area contributed by atoms with Crippen LogP contribution < -0.4 is 5.73 Å². The highest BCUT2D eigenvalue weighted by atomic mass is 32.1. The van der Waals surface area contributed by atoms with Crippen LogP contribution in [0.3, 0.4) is 0 Å². The minimum absolute atomic E-state index is 0.0619. The number of rotatable bonds is 9. The van der Waals surface area contributed by atoms with Crippen LogP contribution in [-0.2, 0) is 12.8 Å². The van der Waals surface area contributed by atoms with Crippen molar-refractivity contribution in [2.75, 3.05) is 6.61 Å². The largest absolute Gasteiger partial charge is 0.394 e. The van der Waals surface area contributed by atoms with Crippen LogP contribution in [0.4, 0.5) is 0 Å². The van der Waals surface area contributed by atoms with Crippen molar-refractivity contribution in [1.82, 2.24) is 0 Å². The molecule has 0 spiro atoms. The smallest absolute Gasteiger partial charge is 0.0608 e. The number of aliphatic hydroxyl groups excluding tert-OH is 1. The predicted octanol–water partition coefficient (Wildman–Crippen LogP) is 4.68. The van der Waals surface area contributed by atoms with E-state index in [1.165, 1.54) is 67.5 Å². The predicted molar refractivity (Wildman–Crippen MR) is 96.4 cm³/mol. The van der Waals surface area contributed by atoms with Gasteiger partial charge >= 0.3 is 0 Å². The van der Waals surface area contributed by atoms with E-state index in [1.807, 2.05) is 18.3 Å². The minimum Gasteiger partial charge on any atom is -0.394 e. The maximum atomic E-state index is 9.21. The maximum Gasteiger partial charge on any atom is 0.0608 e. The minimum atomic E-state index is -0.440. The van der Waals surface area contributed by atoms with Gasteiger partial charge in [0.15, 0.2) is 0 Å². The molecule has 1 unspecified atom stereocenters. The van der Waals surface area contributed by atoms with Gasteiger partial charge in [-0.05, 0) is 50.7 Å². The number of aryl methyl sites for hydroxylation is 2. The van der Waals surface area contributed by atoms with Crippen LogP contribution in [0.2, 0.25) is 0 Å². The van der Waals surface area contributed by atoms with Gasteiger partial charge in [0.25, 0.3) is 0 Å². The molecule has 2 rings (SSSR count). The summed E-state index contributed by atoms with van der Waals surface area (Å²) < 4.78 is 0. The summed E-state index contributed by atoms with van der Waals surface area (Å²) in [5, 5.41) is 9.21. The number of nitrogens with two attached hydrogens (primary N) is 1. The lowest BCUT2D eigenvalue weighted by molar-refractivity contribution is 0.201. The molecule has 3 N–H and O–H groups in total. The Morgan fingerprint density at radius 1 is 1.14 bits per heavy atom. The first kappa shape index (κ1) is 18.0. The first-order chi connectivity index (χ1) is 10.6. The van der Waals surface area contributed by atoms with Crippen LogP contribution in [0.15, 0.2) is 12.1 Å². The summed E-state index contributed by atoms with van der Waals surface area (Å²) in [4.78, 5) is 2.92. The second-order valence-electron chi connectivity index (χ2n) is 7.43. The van der Waals surface area contributed by atoms with Crippen LogP contribution in [0.5, 0.6) is 0 Å². The van der Waals surface area contributed by atoms with Crippen molar-refractivity contribution in [3.8, 4) is 0 Å². The highest BCUT2D eigenvalue weighted by molar-refractivity contribution is 7.11. The van der Waals surface area contributed by atoms with E-state index in [-0.39, 0.29) is 6.61 Å². The van der Waals surface area contributed by atoms with E-state index in [4.69, 9.17) is 5.73 Å². The molecule has 0 saturated heterocycles. The average Bonchev–Trinajstić information content (AvgIpc) is 2.99. The highest BCUT2D eigenvalue weighted by Crippen LogP contribution is 2.28. The number of aliphatic hydroxyl groups is 1. The van der Waals surface area contributed by atoms with Gasteiger partial charge in [0.2, 0.25) is 0 Å². The van der Waals surface area contributed by atoms with E-state index in [1.54, 1.807) is 0 Å². The summed E-state index contributed by atoms with van der Waals surface area (Å²) in [6.45, 7) is 1.99. The lowest BCUT2D eigenvalue weighted by atomic mass is 9.85. The molecule has 1 aromatic heterocycles. The van der Waals surface area contributed by atoms with Crippen molar-refractivity contribution in [1.29, 1.82) is 0 Å². The first-order valence-electron chi connectivity index (χ1n) is 9.06. The molecule has 0 bridgehead atoms. The Morgan fingerprint density at radius 2 is 1.82 bits per heavy atom. The maximum absolute atomic E-state index is 9.21. The zero-order valence-corrected chi connectivity index (χ0v) is 15.0. The Hall–Kier alpha value is -0.380. The fourth-order valence-electron chi connectivity index (χ4n) is 3.39. The van der Waals surface area contributed by atoms with Gasteiger partial charge in [-0.3, -0.25) is 0 Å². The molecule has 1 heterocycles. The van der Waals surface area contributed by atoms with Gasteiger partial charge in [-0.1, -0.05) is 44.9 Å². The zero-order valence-electron chi connectivity index (χ0n) is 14.2. The van der Waals surface area contributed by atoms with E-state index in [9.17, 15) is 5.11 Å². The van der Waals surface area contributed by atoms with E-state index >= 15 is 0 Å². The first-order valence-corrected chi connectivity index (χ1v) is 9.88. The van der Waals surface area contributed by atoms with Gasteiger partial charge in [-0.2, -0.15) is 0 Å². The Morgan fingerprint density at radius 3 is 2.50 bits per heavy atom. The molecule has 0 aliphatic heterocycles. The fraction of sp³-hybridized carbons (Fsp3) is 0.789. The lowest BCUT2D eigenvalue weighted by Gasteiger charge is -2.21. The Kier molecular flexibility index (Phi) is 7.39. The molecule has 1 aromatic rings. The van der Waals surface area contributed by atoms with Crippen LogP contribution in [0.1, 0.15) is 74.5 Å². The summed E-state index contributed by atoms with van der Waals surface area (Å²) >= 11 is 1.93. The Balaban J connectivity index is 1.62. The van der Waals surface area contributed by atoms with Gasteiger partial charge in [0.1, 0.15) is 0 Å². The number of thiophene rings is 1. The molecule has 1 fully saturated rings. The summed E-state index contributed by atoms with van der Waals surface area (Å²) in [5.74, 6) is 1.02. The van der Waals surface area contributed by atoms with Gasteiger partial charge in [-0.15, -0.1) is 11.3 Å². The molecular weight excluding hydrogens is 290 g/mol. The second-order valence-corrected chi connectivity index (χ2v) is 8.68. The molecule has 22 heavy (non-hydrogen) atoms. The van der Waals surface area contributed by atoms with Gasteiger partial charge < -0.3 is 10.8 Å². The van der Waals surface area contributed by atoms with Gasteiger partial charge in [0, 0.05) is 15.3 Å². The lowest BCUT2D eigenvalue weighted by Crippen LogP contribution is -2.40. The molecule has 3 heteroatoms. The monoisotopic (exact) mass is 323 g/mol. The Bertz CT molecular complexity index is 421. The molecule has 2 nitrogen and oxygen atoms in total. The van der Waals surface area contributed by atoms with Crippen molar-refractivity contribution >= 4 is 11.3 Å². The normalized spacial score (nSPS) is 19.2. The topological polar surface area (TPSA) is 46.2 Å². The fourth-order valence-corrected chi connectivity index (χ4v) is 4.45. The van der Waals surface area contributed by atoms with Crippen molar-refractivity contribution in [3.05, 3.63) is 21.9 Å². The number of hydrogen-bond donors (Lipinski definition) is 2.